The summed E-state index contributed by atoms with van der Waals surface area (Å²) in [4.78, 5) is 20.1. The molecule has 114 valence electrons. The van der Waals surface area contributed by atoms with Gasteiger partial charge in [0, 0.05) is 5.92 Å². The number of benzene rings is 1. The molecule has 0 saturated carbocycles. The smallest absolute Gasteiger partial charge is 0.252 e. The minimum absolute atomic E-state index is 0.326. The van der Waals surface area contributed by atoms with Gasteiger partial charge < -0.3 is 15.8 Å². The predicted molar refractivity (Wildman–Crippen MR) is 81.9 cm³/mol. The van der Waals surface area contributed by atoms with E-state index in [1.54, 1.807) is 36.7 Å². The number of rotatable bonds is 4. The van der Waals surface area contributed by atoms with Crippen molar-refractivity contribution in [1.82, 2.24) is 15.3 Å². The number of carbonyl (C=O) groups is 1. The van der Waals surface area contributed by atoms with Crippen LogP contribution < -0.4 is 15.8 Å². The van der Waals surface area contributed by atoms with Gasteiger partial charge in [-0.05, 0) is 38.1 Å². The van der Waals surface area contributed by atoms with E-state index >= 15 is 0 Å². The number of carbonyl (C=O) groups excluding carboxylic acids is 1. The molecule has 1 amide bonds. The van der Waals surface area contributed by atoms with Gasteiger partial charge in [0.05, 0.1) is 23.7 Å². The average molecular weight is 298 g/mol. The van der Waals surface area contributed by atoms with Crippen molar-refractivity contribution in [3.63, 3.8) is 0 Å². The van der Waals surface area contributed by atoms with E-state index in [0.29, 0.717) is 23.1 Å². The maximum atomic E-state index is 11.4. The maximum Gasteiger partial charge on any atom is 0.252 e. The van der Waals surface area contributed by atoms with Crippen molar-refractivity contribution in [3.8, 4) is 11.6 Å². The van der Waals surface area contributed by atoms with Crippen molar-refractivity contribution >= 4 is 5.91 Å². The highest BCUT2D eigenvalue weighted by atomic mass is 16.5. The van der Waals surface area contributed by atoms with Crippen LogP contribution in [0.1, 0.15) is 34.8 Å². The lowest BCUT2D eigenvalue weighted by Gasteiger charge is -2.21. The monoisotopic (exact) mass is 298 g/mol. The second-order valence-corrected chi connectivity index (χ2v) is 5.27. The lowest BCUT2D eigenvalue weighted by Crippen LogP contribution is -2.27. The van der Waals surface area contributed by atoms with E-state index in [2.05, 4.69) is 15.3 Å². The minimum atomic E-state index is -0.533. The van der Waals surface area contributed by atoms with Gasteiger partial charge in [-0.15, -0.1) is 0 Å². The quantitative estimate of drug-likeness (QED) is 0.898. The van der Waals surface area contributed by atoms with Crippen LogP contribution in [0.5, 0.6) is 11.6 Å². The third-order valence-corrected chi connectivity index (χ3v) is 3.77. The summed E-state index contributed by atoms with van der Waals surface area (Å²) in [7, 11) is 0. The van der Waals surface area contributed by atoms with E-state index in [9.17, 15) is 4.79 Å². The fraction of sp³-hybridized carbons (Fsp3) is 0.312. The summed E-state index contributed by atoms with van der Waals surface area (Å²) in [5.41, 5.74) is 6.64. The molecule has 0 atom stereocenters. The number of hydrogen-bond donors (Lipinski definition) is 2. The summed E-state index contributed by atoms with van der Waals surface area (Å²) < 4.78 is 5.63. The fourth-order valence-electron chi connectivity index (χ4n) is 2.58. The number of primary amides is 1. The number of ether oxygens (including phenoxy) is 1. The van der Waals surface area contributed by atoms with Gasteiger partial charge in [0.1, 0.15) is 5.75 Å². The van der Waals surface area contributed by atoms with Crippen LogP contribution in [0.4, 0.5) is 0 Å². The van der Waals surface area contributed by atoms with Crippen LogP contribution in [0.15, 0.2) is 36.7 Å². The van der Waals surface area contributed by atoms with E-state index < -0.39 is 5.91 Å². The molecule has 3 rings (SSSR count). The summed E-state index contributed by atoms with van der Waals surface area (Å²) in [6.45, 7) is 2.02. The van der Waals surface area contributed by atoms with Crippen molar-refractivity contribution in [2.45, 2.75) is 18.8 Å². The number of para-hydroxylation sites is 1. The van der Waals surface area contributed by atoms with Crippen molar-refractivity contribution in [3.05, 3.63) is 47.9 Å². The SMILES string of the molecule is NC(=O)c1ccccc1Oc1cnc(C2CCNCC2)cn1. The molecule has 0 spiro atoms. The van der Waals surface area contributed by atoms with Gasteiger partial charge in [0.25, 0.3) is 5.91 Å². The molecular weight excluding hydrogens is 280 g/mol. The molecule has 0 bridgehead atoms. The zero-order valence-corrected chi connectivity index (χ0v) is 12.2. The molecule has 1 fully saturated rings. The Morgan fingerprint density at radius 2 is 1.95 bits per heavy atom. The molecule has 0 unspecified atom stereocenters. The Labute approximate surface area is 128 Å². The Morgan fingerprint density at radius 3 is 2.64 bits per heavy atom. The lowest BCUT2D eigenvalue weighted by atomic mass is 9.95. The molecule has 0 aliphatic carbocycles. The third kappa shape index (κ3) is 3.23. The van der Waals surface area contributed by atoms with Gasteiger partial charge in [0.2, 0.25) is 5.88 Å². The van der Waals surface area contributed by atoms with Crippen molar-refractivity contribution in [2.75, 3.05) is 13.1 Å². The highest BCUT2D eigenvalue weighted by molar-refractivity contribution is 5.95. The lowest BCUT2D eigenvalue weighted by molar-refractivity contribution is 0.0998. The number of nitrogens with two attached hydrogens (primary N) is 1. The first-order valence-corrected chi connectivity index (χ1v) is 7.33. The van der Waals surface area contributed by atoms with Crippen LogP contribution in [0.25, 0.3) is 0 Å². The molecule has 6 heteroatoms. The molecule has 1 saturated heterocycles. The predicted octanol–water partition coefficient (Wildman–Crippen LogP) is 1.83. The van der Waals surface area contributed by atoms with E-state index in [-0.39, 0.29) is 0 Å². The molecule has 1 aliphatic heterocycles. The zero-order valence-electron chi connectivity index (χ0n) is 12.2. The van der Waals surface area contributed by atoms with Crippen LogP contribution in [-0.4, -0.2) is 29.0 Å². The summed E-state index contributed by atoms with van der Waals surface area (Å²) in [5.74, 6) is 0.654. The Morgan fingerprint density at radius 1 is 1.18 bits per heavy atom. The van der Waals surface area contributed by atoms with Gasteiger partial charge in [-0.2, -0.15) is 0 Å². The van der Waals surface area contributed by atoms with Crippen LogP contribution in [0, 0.1) is 0 Å². The van der Waals surface area contributed by atoms with Crippen LogP contribution in [0.3, 0.4) is 0 Å². The summed E-state index contributed by atoms with van der Waals surface area (Å²) in [5, 5.41) is 3.33. The maximum absolute atomic E-state index is 11.4. The Hall–Kier alpha value is -2.47. The Balaban J connectivity index is 1.75. The van der Waals surface area contributed by atoms with E-state index in [1.165, 1.54) is 0 Å². The molecule has 1 aromatic carbocycles. The molecule has 6 nitrogen and oxygen atoms in total. The van der Waals surface area contributed by atoms with Crippen molar-refractivity contribution in [1.29, 1.82) is 0 Å². The number of amides is 1. The number of nitrogens with zero attached hydrogens (tertiary/aromatic N) is 2. The third-order valence-electron chi connectivity index (χ3n) is 3.77. The van der Waals surface area contributed by atoms with Gasteiger partial charge in [0.15, 0.2) is 0 Å². The summed E-state index contributed by atoms with van der Waals surface area (Å²) in [6, 6.07) is 6.81. The first kappa shape index (κ1) is 14.5. The average Bonchev–Trinajstić information content (AvgIpc) is 2.57. The number of aromatic nitrogens is 2. The highest BCUT2D eigenvalue weighted by Gasteiger charge is 2.17. The van der Waals surface area contributed by atoms with Crippen LogP contribution >= 0.6 is 0 Å². The van der Waals surface area contributed by atoms with Crippen LogP contribution in [0.2, 0.25) is 0 Å². The van der Waals surface area contributed by atoms with Gasteiger partial charge in [-0.3, -0.25) is 9.78 Å². The topological polar surface area (TPSA) is 90.1 Å². The fourth-order valence-corrected chi connectivity index (χ4v) is 2.58. The molecular formula is C16H18N4O2. The Bertz CT molecular complexity index is 651. The zero-order chi connectivity index (χ0) is 15.4. The second kappa shape index (κ2) is 6.53. The van der Waals surface area contributed by atoms with Gasteiger partial charge in [-0.1, -0.05) is 12.1 Å². The molecule has 3 N–H and O–H groups in total. The van der Waals surface area contributed by atoms with E-state index in [1.807, 2.05) is 0 Å². The van der Waals surface area contributed by atoms with Gasteiger partial charge in [-0.25, -0.2) is 4.98 Å². The van der Waals surface area contributed by atoms with Gasteiger partial charge >= 0.3 is 0 Å². The number of nitrogens with one attached hydrogen (secondary N) is 1. The molecule has 22 heavy (non-hydrogen) atoms. The van der Waals surface area contributed by atoms with Crippen molar-refractivity contribution < 1.29 is 9.53 Å². The molecule has 2 heterocycles. The summed E-state index contributed by atoms with van der Waals surface area (Å²) in [6.07, 6.45) is 5.48. The number of piperidine rings is 1. The number of hydrogen-bond acceptors (Lipinski definition) is 5. The van der Waals surface area contributed by atoms with E-state index in [4.69, 9.17) is 10.5 Å². The molecule has 1 aliphatic rings. The summed E-state index contributed by atoms with van der Waals surface area (Å²) >= 11 is 0. The van der Waals surface area contributed by atoms with Crippen molar-refractivity contribution in [2.24, 2.45) is 5.73 Å². The molecule has 1 aromatic heterocycles. The second-order valence-electron chi connectivity index (χ2n) is 5.27. The first-order valence-electron chi connectivity index (χ1n) is 7.33. The molecule has 2 aromatic rings. The minimum Gasteiger partial charge on any atom is -0.437 e. The Kier molecular flexibility index (Phi) is 4.29. The standard InChI is InChI=1S/C16H18N4O2/c17-16(21)12-3-1-2-4-14(12)22-15-10-19-13(9-20-15)11-5-7-18-8-6-11/h1-4,9-11,18H,5-8H2,(H2,17,21). The van der Waals surface area contributed by atoms with E-state index in [0.717, 1.165) is 31.6 Å². The normalized spacial score (nSPS) is 15.5. The largest absolute Gasteiger partial charge is 0.437 e. The molecule has 0 radical (unpaired) electrons. The van der Waals surface area contributed by atoms with Crippen LogP contribution in [-0.2, 0) is 0 Å². The first-order chi connectivity index (χ1) is 10.7. The highest BCUT2D eigenvalue weighted by Crippen LogP contribution is 2.26.